The second kappa shape index (κ2) is 2.57. The Morgan fingerprint density at radius 2 is 2.42 bits per heavy atom. The van der Waals surface area contributed by atoms with E-state index in [0.717, 1.165) is 0 Å². The van der Waals surface area contributed by atoms with Crippen LogP contribution in [0.3, 0.4) is 0 Å². The van der Waals surface area contributed by atoms with Crippen LogP contribution in [0.4, 0.5) is 5.82 Å². The molecule has 2 N–H and O–H groups in total. The largest absolute Gasteiger partial charge is 0.379 e. The van der Waals surface area contributed by atoms with E-state index in [2.05, 4.69) is 30.4 Å². The number of nitrogens with zero attached hydrogens (tertiary/aromatic N) is 6. The summed E-state index contributed by atoms with van der Waals surface area (Å²) < 4.78 is 4.38. The minimum atomic E-state index is 0.243. The Bertz CT molecular complexity index is 351. The van der Waals surface area contributed by atoms with Crippen molar-refractivity contribution < 1.29 is 4.63 Å². The lowest BCUT2D eigenvalue weighted by Crippen LogP contribution is -2.06. The van der Waals surface area contributed by atoms with Gasteiger partial charge in [0.15, 0.2) is 17.8 Å². The molecule has 0 aliphatic rings. The maximum atomic E-state index is 5.40. The van der Waals surface area contributed by atoms with Gasteiger partial charge in [0.25, 0.3) is 0 Å². The number of rotatable bonds is 2. The molecule has 0 radical (unpaired) electrons. The zero-order valence-electron chi connectivity index (χ0n) is 5.95. The van der Waals surface area contributed by atoms with Crippen molar-refractivity contribution in [2.75, 3.05) is 5.73 Å². The van der Waals surface area contributed by atoms with Gasteiger partial charge in [-0.2, -0.15) is 4.80 Å². The van der Waals surface area contributed by atoms with Gasteiger partial charge in [-0.05, 0) is 10.4 Å². The van der Waals surface area contributed by atoms with Crippen molar-refractivity contribution in [3.63, 3.8) is 0 Å². The summed E-state index contributed by atoms with van der Waals surface area (Å²) in [7, 11) is 0. The lowest BCUT2D eigenvalue weighted by molar-refractivity contribution is 0.303. The smallest absolute Gasteiger partial charge is 0.193 e. The number of hydrogen-bond donors (Lipinski definition) is 1. The predicted molar refractivity (Wildman–Crippen MR) is 35.6 cm³/mol. The number of anilines is 1. The van der Waals surface area contributed by atoms with E-state index in [4.69, 9.17) is 5.73 Å². The van der Waals surface area contributed by atoms with Gasteiger partial charge in [-0.25, -0.2) is 4.63 Å². The molecule has 8 heteroatoms. The fourth-order valence-electron chi connectivity index (χ4n) is 0.718. The van der Waals surface area contributed by atoms with Crippen molar-refractivity contribution in [1.82, 2.24) is 30.5 Å². The van der Waals surface area contributed by atoms with Gasteiger partial charge in [0.1, 0.15) is 6.54 Å². The third-order valence-corrected chi connectivity index (χ3v) is 1.27. The van der Waals surface area contributed by atoms with Crippen molar-refractivity contribution in [2.45, 2.75) is 6.54 Å². The standard InChI is InChI=1S/C4H5N7O/c5-4-3(8-12-9-4)1-11-7-2-6-10-11/h2H,1H2,(H2,5,9). The van der Waals surface area contributed by atoms with Gasteiger partial charge in [-0.3, -0.25) is 0 Å². The second-order valence-corrected chi connectivity index (χ2v) is 2.06. The molecule has 0 spiro atoms. The topological polar surface area (TPSA) is 109 Å². The van der Waals surface area contributed by atoms with Gasteiger partial charge in [-0.1, -0.05) is 5.16 Å². The number of nitrogens with two attached hydrogens (primary N) is 1. The molecule has 0 saturated heterocycles. The Morgan fingerprint density at radius 1 is 1.50 bits per heavy atom. The Labute approximate surface area is 66.3 Å². The van der Waals surface area contributed by atoms with E-state index in [0.29, 0.717) is 12.2 Å². The van der Waals surface area contributed by atoms with Crippen LogP contribution in [0.25, 0.3) is 0 Å². The van der Waals surface area contributed by atoms with Crippen LogP contribution in [0.15, 0.2) is 11.0 Å². The molecule has 0 aliphatic heterocycles. The third-order valence-electron chi connectivity index (χ3n) is 1.27. The molecule has 0 atom stereocenters. The highest BCUT2D eigenvalue weighted by Crippen LogP contribution is 2.03. The molecule has 0 saturated carbocycles. The van der Waals surface area contributed by atoms with Crippen LogP contribution in [0.1, 0.15) is 5.69 Å². The first-order chi connectivity index (χ1) is 5.86. The Balaban J connectivity index is 2.20. The molecule has 0 aliphatic carbocycles. The molecular weight excluding hydrogens is 162 g/mol. The van der Waals surface area contributed by atoms with Crippen molar-refractivity contribution in [3.05, 3.63) is 12.0 Å². The summed E-state index contributed by atoms with van der Waals surface area (Å²) in [6.07, 6.45) is 1.32. The summed E-state index contributed by atoms with van der Waals surface area (Å²) in [5.41, 5.74) is 5.89. The SMILES string of the molecule is Nc1nonc1Cn1ncnn1. The van der Waals surface area contributed by atoms with Crippen molar-refractivity contribution in [3.8, 4) is 0 Å². The molecule has 2 aromatic heterocycles. The van der Waals surface area contributed by atoms with Crippen LogP contribution < -0.4 is 5.73 Å². The summed E-state index contributed by atoms with van der Waals surface area (Å²) >= 11 is 0. The van der Waals surface area contributed by atoms with Crippen LogP contribution in [-0.4, -0.2) is 30.5 Å². The number of tetrazole rings is 1. The fraction of sp³-hybridized carbons (Fsp3) is 0.250. The number of aromatic nitrogens is 6. The summed E-state index contributed by atoms with van der Waals surface area (Å²) in [4.78, 5) is 1.33. The maximum absolute atomic E-state index is 5.40. The summed E-state index contributed by atoms with van der Waals surface area (Å²) in [6.45, 7) is 0.315. The molecule has 0 bridgehead atoms. The molecule has 0 amide bonds. The highest BCUT2D eigenvalue weighted by atomic mass is 16.6. The van der Waals surface area contributed by atoms with E-state index in [1.54, 1.807) is 0 Å². The summed E-state index contributed by atoms with van der Waals surface area (Å²) in [5, 5.41) is 17.8. The highest BCUT2D eigenvalue weighted by molar-refractivity contribution is 5.30. The monoisotopic (exact) mass is 167 g/mol. The number of hydrogen-bond acceptors (Lipinski definition) is 7. The molecular formula is C4H5N7O. The number of nitrogen functional groups attached to an aromatic ring is 1. The van der Waals surface area contributed by atoms with E-state index in [1.807, 2.05) is 0 Å². The molecule has 2 aromatic rings. The molecule has 8 nitrogen and oxygen atoms in total. The zero-order valence-corrected chi connectivity index (χ0v) is 5.95. The van der Waals surface area contributed by atoms with Crippen LogP contribution in [-0.2, 0) is 6.54 Å². The Hall–Kier alpha value is -1.99. The van der Waals surface area contributed by atoms with Gasteiger partial charge in [0, 0.05) is 0 Å². The molecule has 2 heterocycles. The van der Waals surface area contributed by atoms with E-state index >= 15 is 0 Å². The highest BCUT2D eigenvalue weighted by Gasteiger charge is 2.07. The minimum absolute atomic E-state index is 0.243. The van der Waals surface area contributed by atoms with Gasteiger partial charge < -0.3 is 5.73 Å². The first-order valence-electron chi connectivity index (χ1n) is 3.14. The lowest BCUT2D eigenvalue weighted by atomic mass is 10.4. The minimum Gasteiger partial charge on any atom is -0.379 e. The van der Waals surface area contributed by atoms with E-state index in [1.165, 1.54) is 11.1 Å². The lowest BCUT2D eigenvalue weighted by Gasteiger charge is -1.91. The molecule has 0 aromatic carbocycles. The van der Waals surface area contributed by atoms with Crippen LogP contribution >= 0.6 is 0 Å². The maximum Gasteiger partial charge on any atom is 0.193 e. The third kappa shape index (κ3) is 1.09. The van der Waals surface area contributed by atoms with Crippen molar-refractivity contribution in [1.29, 1.82) is 0 Å². The second-order valence-electron chi connectivity index (χ2n) is 2.06. The van der Waals surface area contributed by atoms with E-state index in [-0.39, 0.29) is 5.82 Å². The normalized spacial score (nSPS) is 10.3. The zero-order chi connectivity index (χ0) is 8.39. The van der Waals surface area contributed by atoms with Gasteiger partial charge in [0.05, 0.1) is 0 Å². The van der Waals surface area contributed by atoms with E-state index in [9.17, 15) is 0 Å². The van der Waals surface area contributed by atoms with Crippen molar-refractivity contribution >= 4 is 5.82 Å². The first kappa shape index (κ1) is 6.70. The summed E-state index contributed by atoms with van der Waals surface area (Å²) in [5.74, 6) is 0.243. The van der Waals surface area contributed by atoms with Crippen LogP contribution in [0.5, 0.6) is 0 Å². The van der Waals surface area contributed by atoms with E-state index < -0.39 is 0 Å². The molecule has 12 heavy (non-hydrogen) atoms. The summed E-state index contributed by atoms with van der Waals surface area (Å²) in [6, 6.07) is 0. The quantitative estimate of drug-likeness (QED) is 0.591. The van der Waals surface area contributed by atoms with Crippen LogP contribution in [0, 0.1) is 0 Å². The molecule has 0 unspecified atom stereocenters. The molecule has 0 fully saturated rings. The van der Waals surface area contributed by atoms with Gasteiger partial charge in [-0.15, -0.1) is 10.2 Å². The molecule has 2 rings (SSSR count). The Kier molecular flexibility index (Phi) is 1.43. The average Bonchev–Trinajstić information content (AvgIpc) is 2.65. The van der Waals surface area contributed by atoms with Gasteiger partial charge in [0.2, 0.25) is 0 Å². The van der Waals surface area contributed by atoms with Crippen molar-refractivity contribution in [2.24, 2.45) is 0 Å². The first-order valence-corrected chi connectivity index (χ1v) is 3.14. The predicted octanol–water partition coefficient (Wildman–Crippen LogP) is -1.31. The fourth-order valence-corrected chi connectivity index (χ4v) is 0.718. The molecule has 62 valence electrons. The van der Waals surface area contributed by atoms with Crippen LogP contribution in [0.2, 0.25) is 0 Å². The Morgan fingerprint density at radius 3 is 3.00 bits per heavy atom. The average molecular weight is 167 g/mol. The van der Waals surface area contributed by atoms with Gasteiger partial charge >= 0.3 is 0 Å².